The third-order valence-electron chi connectivity index (χ3n) is 4.96. The lowest BCUT2D eigenvalue weighted by Crippen LogP contribution is -2.39. The molecule has 0 saturated heterocycles. The fraction of sp³-hybridized carbons (Fsp3) is 0.350. The van der Waals surface area contributed by atoms with Crippen LogP contribution in [0, 0.1) is 0 Å². The van der Waals surface area contributed by atoms with Gasteiger partial charge in [-0.3, -0.25) is 9.52 Å². The molecule has 0 unspecified atom stereocenters. The summed E-state index contributed by atoms with van der Waals surface area (Å²) in [6, 6.07) is 16.9. The molecule has 0 heterocycles. The van der Waals surface area contributed by atoms with Crippen molar-refractivity contribution >= 4 is 21.6 Å². The molecule has 2 N–H and O–H groups in total. The van der Waals surface area contributed by atoms with E-state index in [-0.39, 0.29) is 11.3 Å². The van der Waals surface area contributed by atoms with E-state index in [1.807, 2.05) is 18.2 Å². The highest BCUT2D eigenvalue weighted by atomic mass is 32.2. The standard InChI is InChI=1S/C20H24N2O3S/c1-26(24,25)22-18-11-7-8-16(14-18)19(23)21-15-20(12-5-6-13-20)17-9-3-2-4-10-17/h2-4,7-11,14,22H,5-6,12-13,15H2,1H3,(H,21,23). The van der Waals surface area contributed by atoms with E-state index >= 15 is 0 Å². The van der Waals surface area contributed by atoms with Gasteiger partial charge >= 0.3 is 0 Å². The van der Waals surface area contributed by atoms with Gasteiger partial charge in [0.15, 0.2) is 0 Å². The number of hydrogen-bond donors (Lipinski definition) is 2. The molecule has 1 fully saturated rings. The SMILES string of the molecule is CS(=O)(=O)Nc1cccc(C(=O)NCC2(c3ccccc3)CCCC2)c1. The summed E-state index contributed by atoms with van der Waals surface area (Å²) in [6.07, 6.45) is 5.54. The summed E-state index contributed by atoms with van der Waals surface area (Å²) in [6.45, 7) is 0.583. The predicted octanol–water partition coefficient (Wildman–Crippen LogP) is 3.30. The molecule has 2 aromatic rings. The second-order valence-corrected chi connectivity index (χ2v) is 8.74. The van der Waals surface area contributed by atoms with Crippen molar-refractivity contribution in [3.05, 3.63) is 65.7 Å². The van der Waals surface area contributed by atoms with Gasteiger partial charge in [-0.1, -0.05) is 49.2 Å². The number of nitrogens with one attached hydrogen (secondary N) is 2. The number of hydrogen-bond acceptors (Lipinski definition) is 3. The van der Waals surface area contributed by atoms with Crippen LogP contribution in [-0.2, 0) is 15.4 Å². The normalized spacial score (nSPS) is 16.2. The number of carbonyl (C=O) groups is 1. The highest BCUT2D eigenvalue weighted by Gasteiger charge is 2.35. The first-order valence-corrected chi connectivity index (χ1v) is 10.7. The minimum atomic E-state index is -3.37. The molecule has 0 spiro atoms. The summed E-state index contributed by atoms with van der Waals surface area (Å²) in [4.78, 5) is 12.6. The highest BCUT2D eigenvalue weighted by molar-refractivity contribution is 7.92. The minimum Gasteiger partial charge on any atom is -0.351 e. The van der Waals surface area contributed by atoms with E-state index in [2.05, 4.69) is 22.2 Å². The van der Waals surface area contributed by atoms with Gasteiger partial charge in [0, 0.05) is 23.2 Å². The Hall–Kier alpha value is -2.34. The van der Waals surface area contributed by atoms with Crippen molar-refractivity contribution in [1.29, 1.82) is 0 Å². The molecule has 0 atom stereocenters. The van der Waals surface area contributed by atoms with Gasteiger partial charge in [-0.15, -0.1) is 0 Å². The van der Waals surface area contributed by atoms with E-state index in [1.54, 1.807) is 24.3 Å². The lowest BCUT2D eigenvalue weighted by Gasteiger charge is -2.30. The van der Waals surface area contributed by atoms with Crippen LogP contribution in [0.1, 0.15) is 41.6 Å². The molecule has 1 saturated carbocycles. The number of rotatable bonds is 6. The third-order valence-corrected chi connectivity index (χ3v) is 5.57. The first-order chi connectivity index (χ1) is 12.4. The van der Waals surface area contributed by atoms with E-state index < -0.39 is 10.0 Å². The van der Waals surface area contributed by atoms with Gasteiger partial charge in [0.25, 0.3) is 5.91 Å². The van der Waals surface area contributed by atoms with Gasteiger partial charge < -0.3 is 5.32 Å². The number of benzene rings is 2. The fourth-order valence-corrected chi connectivity index (χ4v) is 4.26. The topological polar surface area (TPSA) is 75.3 Å². The minimum absolute atomic E-state index is 0.0143. The molecule has 5 nitrogen and oxygen atoms in total. The average Bonchev–Trinajstić information content (AvgIpc) is 3.09. The van der Waals surface area contributed by atoms with Crippen LogP contribution in [0.2, 0.25) is 0 Å². The van der Waals surface area contributed by atoms with Crippen LogP contribution >= 0.6 is 0 Å². The van der Waals surface area contributed by atoms with Crippen molar-refractivity contribution in [2.24, 2.45) is 0 Å². The van der Waals surface area contributed by atoms with Gasteiger partial charge in [-0.25, -0.2) is 8.42 Å². The summed E-state index contributed by atoms with van der Waals surface area (Å²) in [5.41, 5.74) is 2.09. The van der Waals surface area contributed by atoms with Crippen molar-refractivity contribution in [2.45, 2.75) is 31.1 Å². The summed E-state index contributed by atoms with van der Waals surface area (Å²) >= 11 is 0. The molecule has 1 aliphatic rings. The maximum absolute atomic E-state index is 12.6. The van der Waals surface area contributed by atoms with E-state index in [4.69, 9.17) is 0 Å². The van der Waals surface area contributed by atoms with E-state index in [0.29, 0.717) is 17.8 Å². The first kappa shape index (κ1) is 18.5. The van der Waals surface area contributed by atoms with Crippen molar-refractivity contribution in [3.8, 4) is 0 Å². The summed E-state index contributed by atoms with van der Waals surface area (Å²) in [7, 11) is -3.37. The second kappa shape index (κ2) is 7.50. The van der Waals surface area contributed by atoms with Gasteiger partial charge in [-0.05, 0) is 36.6 Å². The van der Waals surface area contributed by atoms with E-state index in [9.17, 15) is 13.2 Å². The fourth-order valence-electron chi connectivity index (χ4n) is 3.70. The predicted molar refractivity (Wildman–Crippen MR) is 104 cm³/mol. The van der Waals surface area contributed by atoms with Crippen molar-refractivity contribution in [1.82, 2.24) is 5.32 Å². The lowest BCUT2D eigenvalue weighted by atomic mass is 9.79. The Morgan fingerprint density at radius 3 is 2.38 bits per heavy atom. The Balaban J connectivity index is 1.73. The maximum atomic E-state index is 12.6. The average molecular weight is 372 g/mol. The van der Waals surface area contributed by atoms with Crippen LogP contribution < -0.4 is 10.0 Å². The van der Waals surface area contributed by atoms with E-state index in [1.165, 1.54) is 18.4 Å². The largest absolute Gasteiger partial charge is 0.351 e. The smallest absolute Gasteiger partial charge is 0.251 e. The van der Waals surface area contributed by atoms with Crippen LogP contribution in [0.4, 0.5) is 5.69 Å². The molecule has 0 bridgehead atoms. The Morgan fingerprint density at radius 1 is 1.04 bits per heavy atom. The highest BCUT2D eigenvalue weighted by Crippen LogP contribution is 2.40. The Kier molecular flexibility index (Phi) is 5.32. The molecular weight excluding hydrogens is 348 g/mol. The Labute approximate surface area is 154 Å². The molecule has 0 radical (unpaired) electrons. The molecule has 0 aliphatic heterocycles. The van der Waals surface area contributed by atoms with Crippen molar-refractivity contribution in [2.75, 3.05) is 17.5 Å². The quantitative estimate of drug-likeness (QED) is 0.817. The summed E-state index contributed by atoms with van der Waals surface area (Å²) in [5, 5.41) is 3.05. The van der Waals surface area contributed by atoms with Gasteiger partial charge in [-0.2, -0.15) is 0 Å². The lowest BCUT2D eigenvalue weighted by molar-refractivity contribution is 0.0943. The van der Waals surface area contributed by atoms with Crippen LogP contribution in [-0.4, -0.2) is 27.1 Å². The molecule has 6 heteroatoms. The number of amides is 1. The summed E-state index contributed by atoms with van der Waals surface area (Å²) in [5.74, 6) is -0.190. The molecule has 1 aliphatic carbocycles. The van der Waals surface area contributed by atoms with Gasteiger partial charge in [0.1, 0.15) is 0 Å². The number of sulfonamides is 1. The number of anilines is 1. The molecule has 3 rings (SSSR count). The monoisotopic (exact) mass is 372 g/mol. The van der Waals surface area contributed by atoms with Crippen LogP contribution in [0.25, 0.3) is 0 Å². The van der Waals surface area contributed by atoms with Gasteiger partial charge in [0.05, 0.1) is 6.26 Å². The zero-order valence-electron chi connectivity index (χ0n) is 14.9. The first-order valence-electron chi connectivity index (χ1n) is 8.80. The maximum Gasteiger partial charge on any atom is 0.251 e. The summed E-state index contributed by atoms with van der Waals surface area (Å²) < 4.78 is 25.1. The Morgan fingerprint density at radius 2 is 1.73 bits per heavy atom. The molecule has 26 heavy (non-hydrogen) atoms. The van der Waals surface area contributed by atoms with Crippen molar-refractivity contribution in [3.63, 3.8) is 0 Å². The van der Waals surface area contributed by atoms with Crippen molar-refractivity contribution < 1.29 is 13.2 Å². The second-order valence-electron chi connectivity index (χ2n) is 6.99. The van der Waals surface area contributed by atoms with Crippen LogP contribution in [0.3, 0.4) is 0 Å². The third kappa shape index (κ3) is 4.43. The Bertz CT molecular complexity index is 873. The van der Waals surface area contributed by atoms with Gasteiger partial charge in [0.2, 0.25) is 10.0 Å². The molecule has 138 valence electrons. The van der Waals surface area contributed by atoms with Crippen LogP contribution in [0.5, 0.6) is 0 Å². The zero-order chi connectivity index (χ0) is 18.6. The van der Waals surface area contributed by atoms with E-state index in [0.717, 1.165) is 19.1 Å². The molecule has 0 aromatic heterocycles. The number of carbonyl (C=O) groups excluding carboxylic acids is 1. The van der Waals surface area contributed by atoms with Crippen LogP contribution in [0.15, 0.2) is 54.6 Å². The zero-order valence-corrected chi connectivity index (χ0v) is 15.7. The molecular formula is C20H24N2O3S. The molecule has 2 aromatic carbocycles. The molecule has 1 amide bonds.